The first-order chi connectivity index (χ1) is 12.9. The Balaban J connectivity index is 1.69. The van der Waals surface area contributed by atoms with E-state index in [1.54, 1.807) is 17.5 Å². The number of aliphatic carboxylic acids is 1. The van der Waals surface area contributed by atoms with Gasteiger partial charge >= 0.3 is 5.97 Å². The second-order valence-corrected chi connectivity index (χ2v) is 8.53. The third-order valence-corrected chi connectivity index (χ3v) is 6.35. The molecule has 0 unspecified atom stereocenters. The van der Waals surface area contributed by atoms with E-state index in [9.17, 15) is 23.1 Å². The van der Waals surface area contributed by atoms with Crippen molar-refractivity contribution in [2.75, 3.05) is 10.0 Å². The van der Waals surface area contributed by atoms with Crippen LogP contribution in [0.3, 0.4) is 0 Å². The number of hydrogen-bond donors (Lipinski definition) is 3. The van der Waals surface area contributed by atoms with Gasteiger partial charge in [0.25, 0.3) is 10.0 Å². The molecule has 1 aromatic heterocycles. The van der Waals surface area contributed by atoms with Crippen LogP contribution in [0.5, 0.6) is 0 Å². The Morgan fingerprint density at radius 3 is 2.37 bits per heavy atom. The average molecular weight is 407 g/mol. The highest BCUT2D eigenvalue weighted by atomic mass is 32.2. The van der Waals surface area contributed by atoms with Crippen molar-refractivity contribution in [3.8, 4) is 0 Å². The molecule has 0 saturated carbocycles. The van der Waals surface area contributed by atoms with Gasteiger partial charge in [0.05, 0.1) is 16.7 Å². The lowest BCUT2D eigenvalue weighted by Crippen LogP contribution is -2.34. The highest BCUT2D eigenvalue weighted by Gasteiger charge is 2.33. The van der Waals surface area contributed by atoms with Gasteiger partial charge in [-0.05, 0) is 37.1 Å². The smallest absolute Gasteiger partial charge is 0.307 e. The molecule has 0 radical (unpaired) electrons. The highest BCUT2D eigenvalue weighted by Crippen LogP contribution is 2.27. The Hall–Kier alpha value is -2.72. The summed E-state index contributed by atoms with van der Waals surface area (Å²) >= 11 is 1.16. The first-order valence-corrected chi connectivity index (χ1v) is 10.4. The number of anilines is 2. The summed E-state index contributed by atoms with van der Waals surface area (Å²) < 4.78 is 27.0. The van der Waals surface area contributed by atoms with Crippen LogP contribution in [0.2, 0.25) is 0 Å². The van der Waals surface area contributed by atoms with Gasteiger partial charge in [-0.3, -0.25) is 14.3 Å². The van der Waals surface area contributed by atoms with Crippen LogP contribution in [0.15, 0.2) is 52.9 Å². The van der Waals surface area contributed by atoms with E-state index in [-0.39, 0.29) is 10.0 Å². The maximum atomic E-state index is 12.4. The zero-order valence-corrected chi connectivity index (χ0v) is 15.7. The number of carbonyl (C=O) groups is 2. The molecule has 0 saturated heterocycles. The number of carboxylic acids is 1. The molecule has 3 N–H and O–H groups in total. The molecule has 1 aromatic carbocycles. The maximum Gasteiger partial charge on any atom is 0.307 e. The maximum absolute atomic E-state index is 12.4. The molecule has 1 aliphatic carbocycles. The molecule has 0 fully saturated rings. The van der Waals surface area contributed by atoms with Crippen molar-refractivity contribution in [1.29, 1.82) is 0 Å². The fourth-order valence-electron chi connectivity index (χ4n) is 2.78. The Kier molecular flexibility index (Phi) is 5.57. The zero-order chi connectivity index (χ0) is 19.4. The van der Waals surface area contributed by atoms with E-state index < -0.39 is 33.7 Å². The third kappa shape index (κ3) is 4.52. The predicted octanol–water partition coefficient (Wildman–Crippen LogP) is 2.55. The van der Waals surface area contributed by atoms with Crippen LogP contribution < -0.4 is 10.0 Å². The molecule has 10 heteroatoms. The molecule has 27 heavy (non-hydrogen) atoms. The molecule has 0 bridgehead atoms. The molecule has 0 aliphatic heterocycles. The van der Waals surface area contributed by atoms with E-state index in [2.05, 4.69) is 15.0 Å². The second-order valence-electron chi connectivity index (χ2n) is 5.95. The number of nitrogens with zero attached hydrogens (tertiary/aromatic N) is 1. The number of aromatic nitrogens is 1. The van der Waals surface area contributed by atoms with Crippen LogP contribution in [-0.4, -0.2) is 30.4 Å². The van der Waals surface area contributed by atoms with Crippen LogP contribution in [0.25, 0.3) is 0 Å². The van der Waals surface area contributed by atoms with Gasteiger partial charge in [-0.2, -0.15) is 0 Å². The minimum Gasteiger partial charge on any atom is -0.481 e. The quantitative estimate of drug-likeness (QED) is 0.632. The Morgan fingerprint density at radius 1 is 1.11 bits per heavy atom. The van der Waals surface area contributed by atoms with Gasteiger partial charge in [0.1, 0.15) is 0 Å². The van der Waals surface area contributed by atoms with Gasteiger partial charge in [-0.15, -0.1) is 11.3 Å². The van der Waals surface area contributed by atoms with Crippen molar-refractivity contribution in [2.45, 2.75) is 17.7 Å². The molecular formula is C17H17N3O5S2. The summed E-state index contributed by atoms with van der Waals surface area (Å²) in [4.78, 5) is 27.6. The van der Waals surface area contributed by atoms with E-state index in [4.69, 9.17) is 0 Å². The SMILES string of the molecule is O=C(O)[C@@H]1CC=CC[C@H]1C(=O)Nc1ccc(S(=O)(=O)Nc2nccs2)cc1. The van der Waals surface area contributed by atoms with Crippen molar-refractivity contribution >= 4 is 44.1 Å². The summed E-state index contributed by atoms with van der Waals surface area (Å²) in [5.41, 5.74) is 0.395. The third-order valence-electron chi connectivity index (χ3n) is 4.17. The van der Waals surface area contributed by atoms with Crippen molar-refractivity contribution in [2.24, 2.45) is 11.8 Å². The molecule has 1 aliphatic rings. The van der Waals surface area contributed by atoms with Gasteiger partial charge in [-0.1, -0.05) is 12.2 Å². The van der Waals surface area contributed by atoms with E-state index >= 15 is 0 Å². The van der Waals surface area contributed by atoms with E-state index in [1.165, 1.54) is 30.5 Å². The van der Waals surface area contributed by atoms with Crippen molar-refractivity contribution in [1.82, 2.24) is 4.98 Å². The normalized spacial score (nSPS) is 19.4. The zero-order valence-electron chi connectivity index (χ0n) is 14.0. The lowest BCUT2D eigenvalue weighted by Gasteiger charge is -2.24. The van der Waals surface area contributed by atoms with Crippen LogP contribution >= 0.6 is 11.3 Å². The number of thiazole rings is 1. The molecular weight excluding hydrogens is 390 g/mol. The largest absolute Gasteiger partial charge is 0.481 e. The average Bonchev–Trinajstić information content (AvgIpc) is 3.14. The van der Waals surface area contributed by atoms with E-state index in [1.807, 2.05) is 0 Å². The van der Waals surface area contributed by atoms with Gasteiger partial charge < -0.3 is 10.4 Å². The van der Waals surface area contributed by atoms with Crippen molar-refractivity contribution < 1.29 is 23.1 Å². The number of benzene rings is 1. The minimum absolute atomic E-state index is 0.0275. The number of carboxylic acid groups (broad SMARTS) is 1. The molecule has 142 valence electrons. The number of sulfonamides is 1. The standard InChI is InChI=1S/C17H17N3O5S2/c21-15(13-3-1-2-4-14(13)16(22)23)19-11-5-7-12(8-6-11)27(24,25)20-17-18-9-10-26-17/h1-2,5-10,13-14H,3-4H2,(H,18,20)(H,19,21)(H,22,23)/t13-,14-/m1/s1. The second kappa shape index (κ2) is 7.89. The summed E-state index contributed by atoms with van der Waals surface area (Å²) in [5, 5.41) is 13.8. The molecule has 2 atom stereocenters. The lowest BCUT2D eigenvalue weighted by atomic mass is 9.82. The minimum atomic E-state index is -3.77. The van der Waals surface area contributed by atoms with Gasteiger partial charge in [-0.25, -0.2) is 13.4 Å². The van der Waals surface area contributed by atoms with Crippen molar-refractivity contribution in [3.05, 3.63) is 48.0 Å². The van der Waals surface area contributed by atoms with Gasteiger partial charge in [0, 0.05) is 17.3 Å². The number of rotatable bonds is 6. The predicted molar refractivity (Wildman–Crippen MR) is 101 cm³/mol. The topological polar surface area (TPSA) is 125 Å². The number of allylic oxidation sites excluding steroid dienone is 2. The molecule has 1 heterocycles. The molecule has 1 amide bonds. The van der Waals surface area contributed by atoms with Crippen LogP contribution in [-0.2, 0) is 19.6 Å². The fraction of sp³-hybridized carbons (Fsp3) is 0.235. The van der Waals surface area contributed by atoms with Crippen LogP contribution in [0, 0.1) is 11.8 Å². The summed E-state index contributed by atoms with van der Waals surface area (Å²) in [6.07, 6.45) is 5.72. The first kappa shape index (κ1) is 19.1. The summed E-state index contributed by atoms with van der Waals surface area (Å²) in [5.74, 6) is -2.84. The molecule has 3 rings (SSSR count). The fourth-order valence-corrected chi connectivity index (χ4v) is 4.57. The Morgan fingerprint density at radius 2 is 1.78 bits per heavy atom. The molecule has 0 spiro atoms. The highest BCUT2D eigenvalue weighted by molar-refractivity contribution is 7.93. The van der Waals surface area contributed by atoms with Crippen molar-refractivity contribution in [3.63, 3.8) is 0 Å². The number of nitrogens with one attached hydrogen (secondary N) is 2. The monoisotopic (exact) mass is 407 g/mol. The molecule has 8 nitrogen and oxygen atoms in total. The lowest BCUT2D eigenvalue weighted by molar-refractivity contribution is -0.146. The van der Waals surface area contributed by atoms with Crippen LogP contribution in [0.4, 0.5) is 10.8 Å². The van der Waals surface area contributed by atoms with Gasteiger partial charge in [0.15, 0.2) is 5.13 Å². The Labute approximate surface area is 160 Å². The summed E-state index contributed by atoms with van der Waals surface area (Å²) in [6, 6.07) is 5.65. The summed E-state index contributed by atoms with van der Waals surface area (Å²) in [7, 11) is -3.77. The van der Waals surface area contributed by atoms with Gasteiger partial charge in [0.2, 0.25) is 5.91 Å². The van der Waals surface area contributed by atoms with Crippen LogP contribution in [0.1, 0.15) is 12.8 Å². The Bertz CT molecular complexity index is 953. The summed E-state index contributed by atoms with van der Waals surface area (Å²) in [6.45, 7) is 0. The first-order valence-electron chi connectivity index (χ1n) is 8.08. The number of hydrogen-bond acceptors (Lipinski definition) is 6. The van der Waals surface area contributed by atoms with E-state index in [0.717, 1.165) is 11.3 Å². The number of amides is 1. The molecule has 2 aromatic rings. The number of carbonyl (C=O) groups excluding carboxylic acids is 1. The van der Waals surface area contributed by atoms with E-state index in [0.29, 0.717) is 18.5 Å².